The van der Waals surface area contributed by atoms with Gasteiger partial charge in [0.2, 0.25) is 0 Å². The highest BCUT2D eigenvalue weighted by Crippen LogP contribution is 2.44. The molecule has 1 saturated heterocycles. The lowest BCUT2D eigenvalue weighted by molar-refractivity contribution is -0.142. The summed E-state index contributed by atoms with van der Waals surface area (Å²) >= 11 is 0. The monoisotopic (exact) mass is 450 g/mol. The quantitative estimate of drug-likeness (QED) is 0.454. The van der Waals surface area contributed by atoms with Gasteiger partial charge in [-0.25, -0.2) is 4.79 Å². The first-order valence-electron chi connectivity index (χ1n) is 9.23. The van der Waals surface area contributed by atoms with Crippen molar-refractivity contribution >= 4 is 18.4 Å². The molecule has 0 spiro atoms. The van der Waals surface area contributed by atoms with Crippen molar-refractivity contribution in [3.05, 3.63) is 33.1 Å². The number of hydrogen-bond acceptors (Lipinski definition) is 8. The smallest absolute Gasteiger partial charge is 0.330 e. The van der Waals surface area contributed by atoms with E-state index in [0.29, 0.717) is 0 Å². The highest BCUT2D eigenvalue weighted by atomic mass is 32.2. The summed E-state index contributed by atoms with van der Waals surface area (Å²) in [6.45, 7) is 9.15. The van der Waals surface area contributed by atoms with Gasteiger partial charge < -0.3 is 14.3 Å². The Kier molecular flexibility index (Phi) is 6.67. The molecule has 1 aliphatic heterocycles. The van der Waals surface area contributed by atoms with Gasteiger partial charge >= 0.3 is 5.69 Å². The van der Waals surface area contributed by atoms with Crippen molar-refractivity contribution in [2.24, 2.45) is 0 Å². The summed E-state index contributed by atoms with van der Waals surface area (Å²) in [5, 5.41) is 10.00. The molecule has 1 aromatic heterocycles. The summed E-state index contributed by atoms with van der Waals surface area (Å²) in [6.07, 6.45) is 0.774. The van der Waals surface area contributed by atoms with Gasteiger partial charge in [0.05, 0.1) is 19.0 Å². The summed E-state index contributed by atoms with van der Waals surface area (Å²) in [7, 11) is -6.15. The molecule has 0 amide bonds. The number of nitrogens with zero attached hydrogens (tertiary/aromatic N) is 1. The molecule has 0 saturated carbocycles. The fraction of sp³-hybridized carbons (Fsp3) is 0.765. The third-order valence-corrected chi connectivity index (χ3v) is 10.6. The highest BCUT2D eigenvalue weighted by molar-refractivity contribution is 7.85. The minimum Gasteiger partial charge on any atom is -0.411 e. The molecule has 29 heavy (non-hydrogen) atoms. The highest BCUT2D eigenvalue weighted by Gasteiger charge is 2.54. The number of aromatic amines is 1. The Labute approximate surface area is 171 Å². The van der Waals surface area contributed by atoms with E-state index in [1.807, 2.05) is 33.9 Å². The van der Waals surface area contributed by atoms with Gasteiger partial charge in [0, 0.05) is 18.7 Å². The normalized spacial score (nSPS) is 26.0. The Morgan fingerprint density at radius 3 is 2.48 bits per heavy atom. The Morgan fingerprint density at radius 2 is 2.00 bits per heavy atom. The molecule has 1 aromatic rings. The molecule has 1 aliphatic rings. The van der Waals surface area contributed by atoms with E-state index in [2.05, 4.69) is 4.98 Å². The van der Waals surface area contributed by atoms with Crippen molar-refractivity contribution in [3.8, 4) is 0 Å². The first kappa shape index (κ1) is 24.0. The van der Waals surface area contributed by atoms with Crippen LogP contribution in [0.5, 0.6) is 0 Å². The van der Waals surface area contributed by atoms with Crippen LogP contribution >= 0.6 is 0 Å². The number of rotatable bonds is 7. The zero-order valence-electron chi connectivity index (χ0n) is 17.6. The zero-order valence-corrected chi connectivity index (χ0v) is 19.4. The molecule has 2 rings (SSSR count). The molecule has 0 aromatic carbocycles. The van der Waals surface area contributed by atoms with E-state index in [0.717, 1.165) is 6.26 Å². The van der Waals surface area contributed by atoms with Crippen molar-refractivity contribution in [1.82, 2.24) is 9.55 Å². The van der Waals surface area contributed by atoms with Crippen LogP contribution in [0.3, 0.4) is 0 Å². The lowest BCUT2D eigenvalue weighted by atomic mass is 9.99. The van der Waals surface area contributed by atoms with Gasteiger partial charge in [-0.1, -0.05) is 20.8 Å². The second kappa shape index (κ2) is 8.08. The summed E-state index contributed by atoms with van der Waals surface area (Å²) in [6, 6.07) is 1.18. The molecule has 1 unspecified atom stereocenters. The lowest BCUT2D eigenvalue weighted by Crippen LogP contribution is -2.54. The van der Waals surface area contributed by atoms with Crippen LogP contribution in [0, 0.1) is 0 Å². The van der Waals surface area contributed by atoms with Crippen LogP contribution in [0.2, 0.25) is 18.1 Å². The Balaban J connectivity index is 2.44. The van der Waals surface area contributed by atoms with Crippen LogP contribution < -0.4 is 11.2 Å². The van der Waals surface area contributed by atoms with E-state index in [4.69, 9.17) is 13.3 Å². The number of aliphatic hydroxyl groups excluding tert-OH is 1. The van der Waals surface area contributed by atoms with Crippen LogP contribution in [0.25, 0.3) is 0 Å². The molecular formula is C17H30N2O8SSi. The summed E-state index contributed by atoms with van der Waals surface area (Å²) in [4.78, 5) is 25.7. The molecule has 10 nitrogen and oxygen atoms in total. The van der Waals surface area contributed by atoms with Gasteiger partial charge in [-0.15, -0.1) is 0 Å². The third kappa shape index (κ3) is 5.44. The maximum atomic E-state index is 12.2. The van der Waals surface area contributed by atoms with E-state index in [1.54, 1.807) is 0 Å². The number of ether oxygens (including phenoxy) is 1. The van der Waals surface area contributed by atoms with Crippen molar-refractivity contribution in [1.29, 1.82) is 0 Å². The average molecular weight is 451 g/mol. The Bertz CT molecular complexity index is 949. The minimum absolute atomic E-state index is 0.154. The molecule has 12 heteroatoms. The topological polar surface area (TPSA) is 137 Å². The number of aromatic nitrogens is 2. The maximum absolute atomic E-state index is 12.2. The molecule has 166 valence electrons. The standard InChI is InChI=1S/C17H30N2O8SSi/c1-16(2,3)29(5,6)27-12-9-14(19-8-7-13(21)18-15(19)22)26-17(12,10-20)11-25-28(4,23)24/h7-8,12,14,20H,9-11H2,1-6H3,(H,18,21,22)/t12?,14-,17+/m0/s1. The number of aliphatic hydroxyl groups is 1. The number of hydrogen-bond donors (Lipinski definition) is 2. The molecule has 0 radical (unpaired) electrons. The maximum Gasteiger partial charge on any atom is 0.330 e. The molecule has 0 aliphatic carbocycles. The van der Waals surface area contributed by atoms with Crippen molar-refractivity contribution in [2.45, 2.75) is 63.3 Å². The minimum atomic E-state index is -3.80. The Morgan fingerprint density at radius 1 is 1.38 bits per heavy atom. The van der Waals surface area contributed by atoms with E-state index < -0.39 is 60.8 Å². The molecular weight excluding hydrogens is 420 g/mol. The lowest BCUT2D eigenvalue weighted by Gasteiger charge is -2.42. The largest absolute Gasteiger partial charge is 0.411 e. The van der Waals surface area contributed by atoms with Gasteiger partial charge in [-0.3, -0.25) is 18.5 Å². The first-order chi connectivity index (χ1) is 13.1. The number of H-pyrrole nitrogens is 1. The molecule has 0 bridgehead atoms. The van der Waals surface area contributed by atoms with Gasteiger partial charge in [0.15, 0.2) is 8.32 Å². The van der Waals surface area contributed by atoms with E-state index in [9.17, 15) is 23.1 Å². The van der Waals surface area contributed by atoms with Crippen LogP contribution in [-0.2, 0) is 23.5 Å². The van der Waals surface area contributed by atoms with Crippen LogP contribution in [-0.4, -0.2) is 62.6 Å². The average Bonchev–Trinajstić information content (AvgIpc) is 2.89. The van der Waals surface area contributed by atoms with Gasteiger partial charge in [0.25, 0.3) is 15.7 Å². The second-order valence-corrected chi connectivity index (χ2v) is 15.3. The van der Waals surface area contributed by atoms with Gasteiger partial charge in [-0.2, -0.15) is 8.42 Å². The molecule has 2 heterocycles. The van der Waals surface area contributed by atoms with E-state index >= 15 is 0 Å². The summed E-state index contributed by atoms with van der Waals surface area (Å²) in [5.41, 5.74) is -2.71. The summed E-state index contributed by atoms with van der Waals surface area (Å²) < 4.78 is 41.7. The second-order valence-electron chi connectivity index (χ2n) is 8.88. The van der Waals surface area contributed by atoms with Crippen LogP contribution in [0.4, 0.5) is 0 Å². The van der Waals surface area contributed by atoms with Crippen LogP contribution in [0.15, 0.2) is 21.9 Å². The molecule has 2 N–H and O–H groups in total. The van der Waals surface area contributed by atoms with Crippen molar-refractivity contribution in [2.75, 3.05) is 19.5 Å². The van der Waals surface area contributed by atoms with Crippen molar-refractivity contribution < 1.29 is 26.9 Å². The first-order valence-corrected chi connectivity index (χ1v) is 14.0. The predicted octanol–water partition coefficient (Wildman–Crippen LogP) is 0.553. The van der Waals surface area contributed by atoms with E-state index in [-0.39, 0.29) is 11.5 Å². The van der Waals surface area contributed by atoms with Crippen molar-refractivity contribution in [3.63, 3.8) is 0 Å². The summed E-state index contributed by atoms with van der Waals surface area (Å²) in [5.74, 6) is 0. The van der Waals surface area contributed by atoms with E-state index in [1.165, 1.54) is 16.8 Å². The fourth-order valence-corrected chi connectivity index (χ4v) is 4.61. The van der Waals surface area contributed by atoms with Gasteiger partial charge in [0.1, 0.15) is 18.4 Å². The molecule has 1 fully saturated rings. The fourth-order valence-electron chi connectivity index (χ4n) is 2.82. The molecule has 3 atom stereocenters. The SMILES string of the molecule is CC(C)(C)[Si](C)(C)OC1C[C@@H](n2ccc(=O)[nH]c2=O)O[C@]1(CO)COS(C)(=O)=O. The predicted molar refractivity (Wildman–Crippen MR) is 109 cm³/mol. The Hall–Kier alpha value is -1.31. The van der Waals surface area contributed by atoms with Crippen LogP contribution in [0.1, 0.15) is 33.4 Å². The number of nitrogens with one attached hydrogen (secondary N) is 1. The van der Waals surface area contributed by atoms with Gasteiger partial charge in [-0.05, 0) is 18.1 Å². The third-order valence-electron chi connectivity index (χ3n) is 5.56. The zero-order chi connectivity index (χ0) is 22.3.